The van der Waals surface area contributed by atoms with Gasteiger partial charge in [-0.3, -0.25) is 4.31 Å². The number of nitriles is 2. The summed E-state index contributed by atoms with van der Waals surface area (Å²) < 4.78 is 31.4. The van der Waals surface area contributed by atoms with E-state index in [1.54, 1.807) is 11.9 Å². The van der Waals surface area contributed by atoms with Gasteiger partial charge < -0.3 is 39.0 Å². The highest BCUT2D eigenvalue weighted by Gasteiger charge is 2.49. The van der Waals surface area contributed by atoms with Crippen LogP contribution in [0, 0.1) is 22.7 Å². The lowest BCUT2D eigenvalue weighted by Crippen LogP contribution is -2.64. The van der Waals surface area contributed by atoms with Crippen molar-refractivity contribution in [3.8, 4) is 58.1 Å². The SMILES string of the molecule is CSN1c2cc3c(cc2B2c4cc5c(cc4Oc4cc(N(c6ccccc6)c6ccccc6)cc1c42)Oc1cc(N(c2ccccc2)c2ccccc2)cc2c1B5c1cc(C#N)ccc1O2)B1c2cc(C#N)ccc2Oc2cc(N(c4ccccc4)c4ccccc4)cc(c21)N3. The number of hydrogen-bond donors (Lipinski definition) is 1. The first kappa shape index (κ1) is 55.2. The fraction of sp³-hybridized carbons (Fsp3) is 0.0123. The minimum Gasteiger partial charge on any atom is -0.458 e. The van der Waals surface area contributed by atoms with E-state index in [0.717, 1.165) is 129 Å². The highest BCUT2D eigenvalue weighted by Crippen LogP contribution is 2.49. The van der Waals surface area contributed by atoms with E-state index in [1.807, 2.05) is 97.1 Å². The largest absolute Gasteiger partial charge is 0.458 e. The molecule has 0 aromatic heterocycles. The number of nitrogens with zero attached hydrogens (tertiary/aromatic N) is 6. The van der Waals surface area contributed by atoms with Gasteiger partial charge in [0.25, 0.3) is 20.1 Å². The van der Waals surface area contributed by atoms with Crippen molar-refractivity contribution in [3.05, 3.63) is 290 Å². The lowest BCUT2D eigenvalue weighted by Gasteiger charge is -2.42. The molecule has 0 aliphatic carbocycles. The molecule has 13 aromatic rings. The van der Waals surface area contributed by atoms with Gasteiger partial charge in [0.05, 0.1) is 46.0 Å². The first-order valence-electron chi connectivity index (χ1n) is 31.9. The zero-order valence-electron chi connectivity index (χ0n) is 51.5. The zero-order chi connectivity index (χ0) is 63.7. The molecule has 6 heterocycles. The van der Waals surface area contributed by atoms with Gasteiger partial charge in [0.1, 0.15) is 46.0 Å². The summed E-state index contributed by atoms with van der Waals surface area (Å²) in [5, 5.41) is 25.2. The minimum absolute atomic E-state index is 0.343. The second-order valence-electron chi connectivity index (χ2n) is 24.6. The van der Waals surface area contributed by atoms with E-state index in [0.29, 0.717) is 51.4 Å². The van der Waals surface area contributed by atoms with E-state index in [9.17, 15) is 10.5 Å². The van der Waals surface area contributed by atoms with Crippen LogP contribution in [0.25, 0.3) is 0 Å². The van der Waals surface area contributed by atoms with Crippen molar-refractivity contribution in [2.24, 2.45) is 0 Å². The summed E-state index contributed by atoms with van der Waals surface area (Å²) in [5.74, 6) is 5.39. The molecule has 0 amide bonds. The van der Waals surface area contributed by atoms with Crippen LogP contribution in [0.5, 0.6) is 46.0 Å². The van der Waals surface area contributed by atoms with Crippen LogP contribution in [0.1, 0.15) is 11.1 Å². The van der Waals surface area contributed by atoms with E-state index in [-0.39, 0.29) is 13.4 Å². The Morgan fingerprint density at radius 2 is 0.677 bits per heavy atom. The van der Waals surface area contributed by atoms with Crippen LogP contribution in [0.3, 0.4) is 0 Å². The van der Waals surface area contributed by atoms with Gasteiger partial charge >= 0.3 is 0 Å². The number of rotatable bonds is 10. The fourth-order valence-electron chi connectivity index (χ4n) is 15.3. The zero-order valence-corrected chi connectivity index (χ0v) is 52.3. The molecule has 0 saturated heterocycles. The molecule has 6 aliphatic heterocycles. The van der Waals surface area contributed by atoms with Crippen LogP contribution in [-0.2, 0) is 0 Å². The van der Waals surface area contributed by atoms with Gasteiger partial charge in [-0.15, -0.1) is 0 Å². The quantitative estimate of drug-likeness (QED) is 0.104. The molecule has 448 valence electrons. The van der Waals surface area contributed by atoms with Crippen molar-refractivity contribution in [2.75, 3.05) is 30.6 Å². The predicted octanol–water partition coefficient (Wildman–Crippen LogP) is 14.6. The van der Waals surface area contributed by atoms with Crippen molar-refractivity contribution in [1.29, 1.82) is 10.5 Å². The van der Waals surface area contributed by atoms with Crippen molar-refractivity contribution in [1.82, 2.24) is 0 Å². The molecule has 0 radical (unpaired) electrons. The average Bonchev–Trinajstić information content (AvgIpc) is 0.698. The van der Waals surface area contributed by atoms with Crippen molar-refractivity contribution >= 4 is 155 Å². The molecule has 0 atom stereocenters. The molecule has 0 fully saturated rings. The summed E-state index contributed by atoms with van der Waals surface area (Å²) in [7, 11) is 0. The summed E-state index contributed by atoms with van der Waals surface area (Å²) in [6.45, 7) is -1.14. The van der Waals surface area contributed by atoms with Crippen LogP contribution >= 0.6 is 11.9 Å². The molecule has 96 heavy (non-hydrogen) atoms. The Hall–Kier alpha value is -12.4. The number of nitrogens with one attached hydrogen (secondary N) is 1. The Morgan fingerprint density at radius 3 is 1.11 bits per heavy atom. The van der Waals surface area contributed by atoms with Crippen molar-refractivity contribution < 1.29 is 18.9 Å². The number of fused-ring (bicyclic) bond motifs is 12. The van der Waals surface area contributed by atoms with Crippen molar-refractivity contribution in [3.63, 3.8) is 0 Å². The van der Waals surface area contributed by atoms with Gasteiger partial charge in [-0.2, -0.15) is 10.5 Å². The number of ether oxygens (including phenoxy) is 4. The molecule has 1 N–H and O–H groups in total. The first-order chi connectivity index (χ1) is 47.4. The van der Waals surface area contributed by atoms with Gasteiger partial charge in [-0.1, -0.05) is 121 Å². The van der Waals surface area contributed by atoms with E-state index in [4.69, 9.17) is 18.9 Å². The standard InChI is InChI=1S/C81H50B3N7O4S/c1-96-91-69-46-67-61(82-63-36-50(48-85)32-34-71(63)92-75-40-58(38-68(87-67)79(75)82)88(52-20-8-2-9-21-52)53-22-10-3-11-23-53)44-62(69)83-65-45-66-74(47-73(65)94-76-41-59(39-70(91)80(76)83)89(54-24-12-4-13-25-54)55-26-14-5-15-27-55)95-78-43-60(90(56-28-16-6-17-29-56)57-30-18-7-19-31-57)42-77-81(78)84(66)64-37-51(49-86)33-35-72(64)93-77/h2-47,87H,1H3. The summed E-state index contributed by atoms with van der Waals surface area (Å²) in [4.78, 5) is 6.77. The fourth-order valence-corrected chi connectivity index (χ4v) is 16.0. The summed E-state index contributed by atoms with van der Waals surface area (Å²) in [6, 6.07) is 101. The summed E-state index contributed by atoms with van der Waals surface area (Å²) in [6.07, 6.45) is 2.14. The Labute approximate surface area is 560 Å². The lowest BCUT2D eigenvalue weighted by atomic mass is 9.30. The average molecular weight is 1250 g/mol. The molecule has 0 unspecified atom stereocenters. The van der Waals surface area contributed by atoms with Crippen LogP contribution < -0.4 is 92.4 Å². The van der Waals surface area contributed by atoms with Gasteiger partial charge in [0, 0.05) is 93.2 Å². The third-order valence-corrected chi connectivity index (χ3v) is 20.1. The van der Waals surface area contributed by atoms with E-state index >= 15 is 0 Å². The molecular weight excluding hydrogens is 1200 g/mol. The van der Waals surface area contributed by atoms with Gasteiger partial charge in [-0.25, -0.2) is 0 Å². The van der Waals surface area contributed by atoms with E-state index in [2.05, 4.69) is 225 Å². The predicted molar refractivity (Wildman–Crippen MR) is 392 cm³/mol. The Balaban J connectivity index is 0.841. The maximum Gasteiger partial charge on any atom is 0.260 e. The summed E-state index contributed by atoms with van der Waals surface area (Å²) >= 11 is 1.65. The van der Waals surface area contributed by atoms with Crippen LogP contribution in [0.2, 0.25) is 0 Å². The lowest BCUT2D eigenvalue weighted by molar-refractivity contribution is 0.456. The maximum atomic E-state index is 10.6. The van der Waals surface area contributed by atoms with Crippen LogP contribution in [0.15, 0.2) is 279 Å². The van der Waals surface area contributed by atoms with Gasteiger partial charge in [0.2, 0.25) is 0 Å². The van der Waals surface area contributed by atoms with Gasteiger partial charge in [-0.05, 0) is 183 Å². The molecule has 0 spiro atoms. The number of para-hydroxylation sites is 6. The van der Waals surface area contributed by atoms with Crippen LogP contribution in [0.4, 0.5) is 73.9 Å². The van der Waals surface area contributed by atoms with Crippen LogP contribution in [-0.4, -0.2) is 26.4 Å². The van der Waals surface area contributed by atoms with E-state index in [1.165, 1.54) is 0 Å². The molecule has 0 bridgehead atoms. The highest BCUT2D eigenvalue weighted by molar-refractivity contribution is 8.00. The number of anilines is 13. The monoisotopic (exact) mass is 1250 g/mol. The second kappa shape index (κ2) is 21.9. The molecule has 15 heteroatoms. The van der Waals surface area contributed by atoms with Gasteiger partial charge in [0.15, 0.2) is 0 Å². The second-order valence-corrected chi connectivity index (χ2v) is 25.4. The Bertz CT molecular complexity index is 5360. The molecule has 11 nitrogen and oxygen atoms in total. The maximum absolute atomic E-state index is 10.6. The summed E-state index contributed by atoms with van der Waals surface area (Å²) in [5.41, 5.74) is 22.2. The normalized spacial score (nSPS) is 13.0. The Kier molecular flexibility index (Phi) is 12.6. The van der Waals surface area contributed by atoms with E-state index < -0.39 is 6.71 Å². The number of hydrogen-bond acceptors (Lipinski definition) is 12. The molecule has 13 aromatic carbocycles. The third kappa shape index (κ3) is 8.64. The topological polar surface area (TPSA) is 109 Å². The first-order valence-corrected chi connectivity index (χ1v) is 33.1. The smallest absolute Gasteiger partial charge is 0.260 e. The highest BCUT2D eigenvalue weighted by atomic mass is 32.2. The molecule has 6 aliphatic rings. The number of benzene rings is 13. The third-order valence-electron chi connectivity index (χ3n) is 19.3. The molecule has 19 rings (SSSR count). The minimum atomic E-state index is -0.406. The van der Waals surface area contributed by atoms with Crippen molar-refractivity contribution in [2.45, 2.75) is 0 Å². The molecule has 0 saturated carbocycles. The Morgan fingerprint density at radius 1 is 0.312 bits per heavy atom. The molecular formula is C81H50B3N7O4S.